The van der Waals surface area contributed by atoms with Gasteiger partial charge in [0.2, 0.25) is 0 Å². The molecule has 2 aromatic carbocycles. The molecule has 1 N–H and O–H groups in total. The lowest BCUT2D eigenvalue weighted by Crippen LogP contribution is -2.50. The summed E-state index contributed by atoms with van der Waals surface area (Å²) in [6.07, 6.45) is 15.4. The van der Waals surface area contributed by atoms with Crippen LogP contribution in [0.2, 0.25) is 0 Å². The molecule has 9 atom stereocenters. The van der Waals surface area contributed by atoms with Gasteiger partial charge >= 0.3 is 0 Å². The zero-order valence-corrected chi connectivity index (χ0v) is 29.0. The van der Waals surface area contributed by atoms with Crippen LogP contribution in [-0.4, -0.2) is 39.5 Å². The van der Waals surface area contributed by atoms with Gasteiger partial charge in [0.15, 0.2) is 9.84 Å². The molecule has 44 heavy (non-hydrogen) atoms. The highest BCUT2D eigenvalue weighted by atomic mass is 32.2. The summed E-state index contributed by atoms with van der Waals surface area (Å²) < 4.78 is 27.3. The molecule has 4 aliphatic carbocycles. The van der Waals surface area contributed by atoms with E-state index in [-0.39, 0.29) is 17.8 Å². The highest BCUT2D eigenvalue weighted by Crippen LogP contribution is 2.67. The predicted molar refractivity (Wildman–Crippen MR) is 184 cm³/mol. The van der Waals surface area contributed by atoms with Crippen molar-refractivity contribution in [3.05, 3.63) is 48.0 Å². The van der Waals surface area contributed by atoms with Gasteiger partial charge in [-0.1, -0.05) is 76.5 Å². The fourth-order valence-corrected chi connectivity index (χ4v) is 13.0. The summed E-state index contributed by atoms with van der Waals surface area (Å²) in [5, 5.41) is 12.2. The lowest BCUT2D eigenvalue weighted by Gasteiger charge is -2.58. The third-order valence-electron chi connectivity index (χ3n) is 13.4. The van der Waals surface area contributed by atoms with E-state index in [4.69, 9.17) is 0 Å². The Morgan fingerprint density at radius 3 is 2.45 bits per heavy atom. The first kappa shape index (κ1) is 32.1. The van der Waals surface area contributed by atoms with Gasteiger partial charge in [0.1, 0.15) is 0 Å². The first-order chi connectivity index (χ1) is 20.8. The maximum atomic E-state index is 13.7. The first-order valence-electron chi connectivity index (χ1n) is 17.6. The Labute approximate surface area is 267 Å². The molecule has 2 aromatic rings. The first-order valence-corrected chi connectivity index (χ1v) is 19.3. The van der Waals surface area contributed by atoms with Gasteiger partial charge in [-0.15, -0.1) is 0 Å². The highest BCUT2D eigenvalue weighted by molar-refractivity contribution is 7.91. The minimum absolute atomic E-state index is 0.131. The van der Waals surface area contributed by atoms with Crippen molar-refractivity contribution < 1.29 is 13.5 Å². The molecule has 0 spiro atoms. The van der Waals surface area contributed by atoms with Crippen LogP contribution in [0.3, 0.4) is 0 Å². The Balaban J connectivity index is 1.06. The van der Waals surface area contributed by atoms with Crippen molar-refractivity contribution in [1.82, 2.24) is 0 Å². The molecular formula is C39H57NO3S. The van der Waals surface area contributed by atoms with Gasteiger partial charge in [0.25, 0.3) is 0 Å². The molecule has 0 amide bonds. The third kappa shape index (κ3) is 5.57. The van der Waals surface area contributed by atoms with E-state index in [0.29, 0.717) is 21.6 Å². The molecule has 0 aliphatic heterocycles. The number of nitrogens with zero attached hydrogens (tertiary/aromatic N) is 1. The van der Waals surface area contributed by atoms with Gasteiger partial charge in [0, 0.05) is 30.6 Å². The average molecular weight is 620 g/mol. The Hall–Kier alpha value is -1.85. The van der Waals surface area contributed by atoms with Gasteiger partial charge in [0.05, 0.1) is 16.8 Å². The van der Waals surface area contributed by atoms with Crippen molar-refractivity contribution in [2.24, 2.45) is 46.3 Å². The third-order valence-corrected chi connectivity index (χ3v) is 15.4. The predicted octanol–water partition coefficient (Wildman–Crippen LogP) is 9.06. The largest absolute Gasteiger partial charge is 0.393 e. The standard InChI is InChI=1S/C39H57NO3S/c1-26(25-44(42,43)37-15-9-12-30-31(37)13-8-14-36(30)40(5)6)10-7-11-27(2)33-18-19-34-32-17-16-28-24-29(41)20-22-38(28,3)35(32)21-23-39(33,34)4/h8-9,12-16,26-27,29,32-35,41H,7,10-11,17-25H2,1-6H3/t26?,27-,29+,32+,33-,34+,35+,38+,39-/m1/s1. The molecule has 3 saturated carbocycles. The number of aliphatic hydroxyl groups is 1. The lowest BCUT2D eigenvalue weighted by molar-refractivity contribution is -0.0573. The van der Waals surface area contributed by atoms with Crippen molar-refractivity contribution in [3.8, 4) is 0 Å². The van der Waals surface area contributed by atoms with Gasteiger partial charge in [-0.3, -0.25) is 0 Å². The van der Waals surface area contributed by atoms with Crippen molar-refractivity contribution in [2.45, 2.75) is 109 Å². The minimum atomic E-state index is -3.39. The normalized spacial score (nSPS) is 34.9. The number of hydrogen-bond acceptors (Lipinski definition) is 4. The van der Waals surface area contributed by atoms with E-state index in [9.17, 15) is 13.5 Å². The number of fused-ring (bicyclic) bond motifs is 6. The van der Waals surface area contributed by atoms with E-state index >= 15 is 0 Å². The summed E-state index contributed by atoms with van der Waals surface area (Å²) in [4.78, 5) is 2.52. The molecule has 0 heterocycles. The molecule has 0 bridgehead atoms. The molecule has 3 fully saturated rings. The van der Waals surface area contributed by atoms with Crippen molar-refractivity contribution >= 4 is 26.3 Å². The Kier molecular flexibility index (Phi) is 8.80. The van der Waals surface area contributed by atoms with E-state index in [2.05, 4.69) is 33.8 Å². The van der Waals surface area contributed by atoms with Crippen LogP contribution in [0.25, 0.3) is 10.8 Å². The lowest BCUT2D eigenvalue weighted by atomic mass is 9.47. The van der Waals surface area contributed by atoms with E-state index in [0.717, 1.165) is 72.2 Å². The van der Waals surface area contributed by atoms with Gasteiger partial charge < -0.3 is 10.0 Å². The number of allylic oxidation sites excluding steroid dienone is 1. The van der Waals surface area contributed by atoms with Crippen LogP contribution < -0.4 is 4.90 Å². The highest BCUT2D eigenvalue weighted by Gasteiger charge is 2.59. The molecule has 1 unspecified atom stereocenters. The molecule has 4 aliphatic rings. The second kappa shape index (κ2) is 12.1. The Bertz CT molecular complexity index is 1500. The van der Waals surface area contributed by atoms with Crippen molar-refractivity contribution in [1.29, 1.82) is 0 Å². The molecule has 0 radical (unpaired) electrons. The van der Waals surface area contributed by atoms with Crippen LogP contribution in [0.4, 0.5) is 5.69 Å². The van der Waals surface area contributed by atoms with Crippen LogP contribution in [-0.2, 0) is 9.84 Å². The van der Waals surface area contributed by atoms with Crippen LogP contribution in [0.15, 0.2) is 52.9 Å². The quantitative estimate of drug-likeness (QED) is 0.285. The summed E-state index contributed by atoms with van der Waals surface area (Å²) in [5.74, 6) is 4.24. The minimum Gasteiger partial charge on any atom is -0.393 e. The van der Waals surface area contributed by atoms with Crippen LogP contribution in [0, 0.1) is 46.3 Å². The average Bonchev–Trinajstić information content (AvgIpc) is 3.33. The molecule has 4 nitrogen and oxygen atoms in total. The summed E-state index contributed by atoms with van der Waals surface area (Å²) in [6.45, 7) is 9.78. The zero-order valence-electron chi connectivity index (χ0n) is 28.2. The summed E-state index contributed by atoms with van der Waals surface area (Å²) in [6, 6.07) is 11.7. The second-order valence-electron chi connectivity index (χ2n) is 16.2. The van der Waals surface area contributed by atoms with Crippen LogP contribution in [0.5, 0.6) is 0 Å². The summed E-state index contributed by atoms with van der Waals surface area (Å²) in [5.41, 5.74) is 3.36. The molecule has 5 heteroatoms. The second-order valence-corrected chi connectivity index (χ2v) is 18.2. The number of aliphatic hydroxyl groups excluding tert-OH is 1. The maximum Gasteiger partial charge on any atom is 0.179 e. The SMILES string of the molecule is CC(CCC[C@@H](C)[C@H]1CC[C@H]2[C@@H]3CC=C4C[C@@H](O)CC[C@]4(C)[C@H]3CC[C@]12C)CS(=O)(=O)c1cccc2c(N(C)C)cccc12. The van der Waals surface area contributed by atoms with Gasteiger partial charge in [-0.2, -0.15) is 0 Å². The monoisotopic (exact) mass is 619 g/mol. The van der Waals surface area contributed by atoms with Crippen LogP contribution in [0.1, 0.15) is 98.3 Å². The van der Waals surface area contributed by atoms with Gasteiger partial charge in [-0.05, 0) is 116 Å². The van der Waals surface area contributed by atoms with E-state index in [1.54, 1.807) is 11.6 Å². The number of benzene rings is 2. The van der Waals surface area contributed by atoms with E-state index in [1.807, 2.05) is 49.3 Å². The van der Waals surface area contributed by atoms with Gasteiger partial charge in [-0.25, -0.2) is 8.42 Å². The molecule has 0 aromatic heterocycles. The molecule has 0 saturated heterocycles. The smallest absolute Gasteiger partial charge is 0.179 e. The topological polar surface area (TPSA) is 57.6 Å². The van der Waals surface area contributed by atoms with Crippen LogP contribution >= 0.6 is 0 Å². The van der Waals surface area contributed by atoms with E-state index < -0.39 is 9.84 Å². The Morgan fingerprint density at radius 2 is 1.68 bits per heavy atom. The number of rotatable bonds is 9. The number of sulfone groups is 1. The van der Waals surface area contributed by atoms with Crippen molar-refractivity contribution in [3.63, 3.8) is 0 Å². The number of hydrogen-bond donors (Lipinski definition) is 1. The molecular weight excluding hydrogens is 563 g/mol. The Morgan fingerprint density at radius 1 is 0.932 bits per heavy atom. The number of anilines is 1. The molecule has 242 valence electrons. The maximum absolute atomic E-state index is 13.7. The summed E-state index contributed by atoms with van der Waals surface area (Å²) in [7, 11) is 0.619. The van der Waals surface area contributed by atoms with Crippen molar-refractivity contribution in [2.75, 3.05) is 24.7 Å². The zero-order chi connectivity index (χ0) is 31.4. The van der Waals surface area contributed by atoms with E-state index in [1.165, 1.54) is 38.5 Å². The summed E-state index contributed by atoms with van der Waals surface area (Å²) >= 11 is 0. The molecule has 6 rings (SSSR count). The fourth-order valence-electron chi connectivity index (χ4n) is 11.1. The fraction of sp³-hybridized carbons (Fsp3) is 0.692.